The molecule has 0 aliphatic rings. The lowest BCUT2D eigenvalue weighted by Crippen LogP contribution is -2.05. The van der Waals surface area contributed by atoms with Crippen molar-refractivity contribution in [2.24, 2.45) is 0 Å². The van der Waals surface area contributed by atoms with Crippen molar-refractivity contribution in [2.45, 2.75) is 0 Å². The van der Waals surface area contributed by atoms with Gasteiger partial charge in [-0.05, 0) is 33.1 Å². The van der Waals surface area contributed by atoms with Crippen LogP contribution in [0.15, 0.2) is 94.6 Å². The van der Waals surface area contributed by atoms with Gasteiger partial charge in [0.1, 0.15) is 4.60 Å². The second kappa shape index (κ2) is 8.82. The highest BCUT2D eigenvalue weighted by molar-refractivity contribution is 9.10. The number of aromatic amines is 1. The van der Waals surface area contributed by atoms with Gasteiger partial charge in [-0.2, -0.15) is 10.2 Å². The second-order valence-corrected chi connectivity index (χ2v) is 6.15. The summed E-state index contributed by atoms with van der Waals surface area (Å²) in [5.74, 6) is 0. The molecule has 0 saturated heterocycles. The molecule has 0 aliphatic carbocycles. The van der Waals surface area contributed by atoms with Crippen molar-refractivity contribution in [3.8, 4) is 22.3 Å². The Morgan fingerprint density at radius 1 is 0.731 bits per heavy atom. The number of nitrogens with one attached hydrogen (secondary N) is 1. The van der Waals surface area contributed by atoms with Crippen LogP contribution in [0.4, 0.5) is 0 Å². The van der Waals surface area contributed by atoms with E-state index in [2.05, 4.69) is 36.3 Å². The van der Waals surface area contributed by atoms with Gasteiger partial charge >= 0.3 is 0 Å². The van der Waals surface area contributed by atoms with Crippen molar-refractivity contribution in [1.29, 1.82) is 0 Å². The van der Waals surface area contributed by atoms with Crippen LogP contribution in [0.2, 0.25) is 0 Å². The molecular weight excluding hydrogens is 392 g/mol. The number of hydrogen-bond acceptors (Lipinski definition) is 4. The zero-order chi connectivity index (χ0) is 18.2. The predicted octanol–water partition coefficient (Wildman–Crippen LogP) is 4.34. The molecule has 4 aromatic rings. The summed E-state index contributed by atoms with van der Waals surface area (Å²) in [7, 11) is 0. The molecule has 0 spiro atoms. The zero-order valence-corrected chi connectivity index (χ0v) is 15.3. The van der Waals surface area contributed by atoms with Crippen LogP contribution < -0.4 is 5.56 Å². The van der Waals surface area contributed by atoms with Crippen LogP contribution in [0.3, 0.4) is 0 Å². The van der Waals surface area contributed by atoms with Crippen molar-refractivity contribution < 1.29 is 0 Å². The molecule has 4 rings (SSSR count). The van der Waals surface area contributed by atoms with Crippen molar-refractivity contribution in [2.75, 3.05) is 0 Å². The van der Waals surface area contributed by atoms with Crippen molar-refractivity contribution in [3.05, 3.63) is 100 Å². The Hall–Kier alpha value is -3.12. The van der Waals surface area contributed by atoms with Crippen molar-refractivity contribution >= 4 is 15.9 Å². The number of nitrogens with zero attached hydrogens (tertiary/aromatic N) is 3. The molecule has 2 heterocycles. The van der Waals surface area contributed by atoms with Crippen molar-refractivity contribution in [3.63, 3.8) is 0 Å². The number of benzene rings is 2. The highest BCUT2D eigenvalue weighted by Gasteiger charge is 1.98. The number of halogens is 1. The molecule has 2 aromatic heterocycles. The summed E-state index contributed by atoms with van der Waals surface area (Å²) in [6, 6.07) is 23.2. The predicted molar refractivity (Wildman–Crippen MR) is 105 cm³/mol. The Morgan fingerprint density at radius 3 is 1.85 bits per heavy atom. The highest BCUT2D eigenvalue weighted by atomic mass is 79.9. The standard InChI is InChI=1S/C10H7BrN2.C10H8N2O/c11-10-6-9(7-12-13-10)8-4-2-1-3-5-8;13-10-6-9(7-11-12-10)8-4-2-1-3-5-8/h1-7H;1-7H,(H,12,13). The first-order valence-electron chi connectivity index (χ1n) is 7.86. The Morgan fingerprint density at radius 2 is 1.31 bits per heavy atom. The molecule has 0 atom stereocenters. The molecule has 2 aromatic carbocycles. The van der Waals surface area contributed by atoms with E-state index in [0.29, 0.717) is 0 Å². The highest BCUT2D eigenvalue weighted by Crippen LogP contribution is 2.19. The minimum atomic E-state index is -0.179. The van der Waals surface area contributed by atoms with E-state index in [4.69, 9.17) is 0 Å². The molecule has 1 N–H and O–H groups in total. The van der Waals surface area contributed by atoms with Gasteiger partial charge in [0.15, 0.2) is 0 Å². The van der Waals surface area contributed by atoms with E-state index >= 15 is 0 Å². The first-order chi connectivity index (χ1) is 12.7. The normalized spacial score (nSPS) is 9.88. The molecule has 0 unspecified atom stereocenters. The Bertz CT molecular complexity index is 1020. The average Bonchev–Trinajstić information content (AvgIpc) is 2.70. The monoisotopic (exact) mass is 406 g/mol. The number of hydrogen-bond donors (Lipinski definition) is 1. The smallest absolute Gasteiger partial charge is 0.264 e. The maximum atomic E-state index is 10.9. The Labute approximate surface area is 158 Å². The van der Waals surface area contributed by atoms with Gasteiger partial charge in [0, 0.05) is 17.2 Å². The van der Waals surface area contributed by atoms with E-state index in [0.717, 1.165) is 26.9 Å². The molecule has 0 saturated carbocycles. The lowest BCUT2D eigenvalue weighted by molar-refractivity contribution is 0.991. The fourth-order valence-electron chi connectivity index (χ4n) is 2.29. The van der Waals surface area contributed by atoms with Gasteiger partial charge in [0.25, 0.3) is 5.56 Å². The molecule has 0 bridgehead atoms. The van der Waals surface area contributed by atoms with Crippen molar-refractivity contribution in [1.82, 2.24) is 20.4 Å². The summed E-state index contributed by atoms with van der Waals surface area (Å²) in [6.45, 7) is 0. The van der Waals surface area contributed by atoms with Crippen LogP contribution in [0.25, 0.3) is 22.3 Å². The van der Waals surface area contributed by atoms with Gasteiger partial charge in [-0.3, -0.25) is 4.79 Å². The minimum absolute atomic E-state index is 0.179. The van der Waals surface area contributed by atoms with Crippen LogP contribution in [0.1, 0.15) is 0 Å². The number of rotatable bonds is 2. The molecular formula is C20H15BrN4O. The van der Waals surface area contributed by atoms with Crippen LogP contribution in [-0.4, -0.2) is 20.4 Å². The maximum absolute atomic E-state index is 10.9. The average molecular weight is 407 g/mol. The topological polar surface area (TPSA) is 71.5 Å². The number of H-pyrrole nitrogens is 1. The Kier molecular flexibility index (Phi) is 6.01. The quantitative estimate of drug-likeness (QED) is 0.537. The van der Waals surface area contributed by atoms with Gasteiger partial charge in [0.05, 0.1) is 12.4 Å². The van der Waals surface area contributed by atoms with Gasteiger partial charge in [-0.25, -0.2) is 5.10 Å². The van der Waals surface area contributed by atoms with Crippen LogP contribution in [0.5, 0.6) is 0 Å². The summed E-state index contributed by atoms with van der Waals surface area (Å²) in [6.07, 6.45) is 3.39. The minimum Gasteiger partial charge on any atom is -0.268 e. The molecule has 0 aliphatic heterocycles. The van der Waals surface area contributed by atoms with E-state index in [1.54, 1.807) is 12.4 Å². The van der Waals surface area contributed by atoms with E-state index in [-0.39, 0.29) is 5.56 Å². The molecule has 0 fully saturated rings. The molecule has 0 radical (unpaired) electrons. The Balaban J connectivity index is 0.000000151. The summed E-state index contributed by atoms with van der Waals surface area (Å²) in [5.41, 5.74) is 3.88. The number of aromatic nitrogens is 4. The fourth-order valence-corrected chi connectivity index (χ4v) is 2.63. The third kappa shape index (κ3) is 4.94. The van der Waals surface area contributed by atoms with Gasteiger partial charge < -0.3 is 0 Å². The second-order valence-electron chi connectivity index (χ2n) is 5.33. The summed E-state index contributed by atoms with van der Waals surface area (Å²) in [5, 5.41) is 13.8. The lowest BCUT2D eigenvalue weighted by Gasteiger charge is -1.99. The largest absolute Gasteiger partial charge is 0.268 e. The molecule has 6 heteroatoms. The van der Waals surface area contributed by atoms with E-state index < -0.39 is 0 Å². The van der Waals surface area contributed by atoms with Crippen LogP contribution in [0, 0.1) is 0 Å². The molecule has 0 amide bonds. The van der Waals surface area contributed by atoms with E-state index in [1.807, 2.05) is 66.7 Å². The third-order valence-corrected chi connectivity index (χ3v) is 3.89. The van der Waals surface area contributed by atoms with Crippen LogP contribution in [-0.2, 0) is 0 Å². The summed E-state index contributed by atoms with van der Waals surface area (Å²) in [4.78, 5) is 10.9. The molecule has 128 valence electrons. The van der Waals surface area contributed by atoms with Crippen LogP contribution >= 0.6 is 15.9 Å². The lowest BCUT2D eigenvalue weighted by atomic mass is 10.1. The summed E-state index contributed by atoms with van der Waals surface area (Å²) < 4.78 is 0.758. The third-order valence-electron chi connectivity index (χ3n) is 3.50. The first-order valence-corrected chi connectivity index (χ1v) is 8.65. The fraction of sp³-hybridized carbons (Fsp3) is 0. The SMILES string of the molecule is Brc1cc(-c2ccccc2)cnn1.O=c1cc(-c2ccccc2)cn[nH]1. The van der Waals surface area contributed by atoms with E-state index in [9.17, 15) is 4.79 Å². The summed E-state index contributed by atoms with van der Waals surface area (Å²) >= 11 is 3.29. The van der Waals surface area contributed by atoms with Gasteiger partial charge in [0.2, 0.25) is 0 Å². The molecule has 5 nitrogen and oxygen atoms in total. The first kappa shape index (κ1) is 17.7. The van der Waals surface area contributed by atoms with Gasteiger partial charge in [-0.1, -0.05) is 60.7 Å². The van der Waals surface area contributed by atoms with E-state index in [1.165, 1.54) is 6.07 Å². The molecule has 26 heavy (non-hydrogen) atoms. The maximum Gasteiger partial charge on any atom is 0.264 e. The zero-order valence-electron chi connectivity index (χ0n) is 13.7. The van der Waals surface area contributed by atoms with Gasteiger partial charge in [-0.15, -0.1) is 5.10 Å².